The van der Waals surface area contributed by atoms with E-state index in [1.165, 1.54) is 0 Å². The first-order chi connectivity index (χ1) is 12.5. The van der Waals surface area contributed by atoms with Crippen LogP contribution in [0, 0.1) is 0 Å². The van der Waals surface area contributed by atoms with Crippen LogP contribution in [-0.2, 0) is 0 Å². The first kappa shape index (κ1) is 16.9. The summed E-state index contributed by atoms with van der Waals surface area (Å²) < 4.78 is 1.60. The van der Waals surface area contributed by atoms with E-state index in [-0.39, 0.29) is 23.5 Å². The van der Waals surface area contributed by atoms with E-state index in [4.69, 9.17) is 23.2 Å². The van der Waals surface area contributed by atoms with Crippen LogP contribution in [0.1, 0.15) is 33.9 Å². The molecule has 6 nitrogen and oxygen atoms in total. The van der Waals surface area contributed by atoms with Gasteiger partial charge in [-0.1, -0.05) is 35.3 Å². The normalized spacial score (nSPS) is 13.6. The quantitative estimate of drug-likeness (QED) is 0.713. The molecule has 1 fully saturated rings. The minimum Gasteiger partial charge on any atom is -0.347 e. The average molecular weight is 389 g/mol. The molecule has 26 heavy (non-hydrogen) atoms. The number of hydrogen-bond acceptors (Lipinski definition) is 3. The van der Waals surface area contributed by atoms with Crippen LogP contribution in [-0.4, -0.2) is 27.2 Å². The van der Waals surface area contributed by atoms with E-state index >= 15 is 0 Å². The molecule has 8 heteroatoms. The van der Waals surface area contributed by atoms with Gasteiger partial charge in [-0.3, -0.25) is 14.0 Å². The lowest BCUT2D eigenvalue weighted by Crippen LogP contribution is -2.27. The number of imidazole rings is 1. The fourth-order valence-electron chi connectivity index (χ4n) is 2.63. The SMILES string of the molecule is O=C(Nc1c(Cl)cccc1Cl)c1nc(C(=O)NC2CC2)n2ccccc12. The molecule has 1 aliphatic carbocycles. The van der Waals surface area contributed by atoms with E-state index in [1.807, 2.05) is 0 Å². The van der Waals surface area contributed by atoms with E-state index in [0.717, 1.165) is 12.8 Å². The molecule has 2 heterocycles. The topological polar surface area (TPSA) is 75.5 Å². The van der Waals surface area contributed by atoms with Gasteiger partial charge in [-0.15, -0.1) is 0 Å². The zero-order valence-corrected chi connectivity index (χ0v) is 15.0. The monoisotopic (exact) mass is 388 g/mol. The third-order valence-electron chi connectivity index (χ3n) is 4.08. The predicted molar refractivity (Wildman–Crippen MR) is 100 cm³/mol. The molecule has 0 spiro atoms. The van der Waals surface area contributed by atoms with Crippen molar-refractivity contribution in [1.82, 2.24) is 14.7 Å². The highest BCUT2D eigenvalue weighted by atomic mass is 35.5. The number of anilines is 1. The highest BCUT2D eigenvalue weighted by molar-refractivity contribution is 6.40. The number of amides is 2. The number of benzene rings is 1. The van der Waals surface area contributed by atoms with Gasteiger partial charge >= 0.3 is 0 Å². The Morgan fingerprint density at radius 2 is 1.77 bits per heavy atom. The molecular formula is C18H14Cl2N4O2. The Morgan fingerprint density at radius 3 is 2.46 bits per heavy atom. The molecule has 0 bridgehead atoms. The Morgan fingerprint density at radius 1 is 1.04 bits per heavy atom. The lowest BCUT2D eigenvalue weighted by atomic mass is 10.2. The van der Waals surface area contributed by atoms with Crippen molar-refractivity contribution in [3.05, 3.63) is 64.2 Å². The molecule has 4 rings (SSSR count). The number of pyridine rings is 1. The van der Waals surface area contributed by atoms with Crippen LogP contribution in [0.25, 0.3) is 5.52 Å². The first-order valence-electron chi connectivity index (χ1n) is 8.08. The third-order valence-corrected chi connectivity index (χ3v) is 4.71. The van der Waals surface area contributed by atoms with Crippen LogP contribution >= 0.6 is 23.2 Å². The van der Waals surface area contributed by atoms with Crippen molar-refractivity contribution in [2.45, 2.75) is 18.9 Å². The van der Waals surface area contributed by atoms with E-state index in [9.17, 15) is 9.59 Å². The molecule has 0 atom stereocenters. The van der Waals surface area contributed by atoms with Crippen LogP contribution in [0.2, 0.25) is 10.0 Å². The van der Waals surface area contributed by atoms with Crippen LogP contribution in [0.15, 0.2) is 42.6 Å². The second-order valence-corrected chi connectivity index (χ2v) is 6.85. The Labute approximate surface area is 159 Å². The maximum atomic E-state index is 12.8. The van der Waals surface area contributed by atoms with Gasteiger partial charge in [-0.25, -0.2) is 4.98 Å². The van der Waals surface area contributed by atoms with E-state index in [2.05, 4.69) is 15.6 Å². The summed E-state index contributed by atoms with van der Waals surface area (Å²) in [6, 6.07) is 10.4. The fraction of sp³-hybridized carbons (Fsp3) is 0.167. The van der Waals surface area contributed by atoms with Gasteiger partial charge in [0.05, 0.1) is 21.2 Å². The van der Waals surface area contributed by atoms with Gasteiger partial charge in [0.2, 0.25) is 5.82 Å². The number of nitrogens with one attached hydrogen (secondary N) is 2. The van der Waals surface area contributed by atoms with Gasteiger partial charge in [0, 0.05) is 12.2 Å². The smallest absolute Gasteiger partial charge is 0.287 e. The summed E-state index contributed by atoms with van der Waals surface area (Å²) in [5.41, 5.74) is 0.957. The van der Waals surface area contributed by atoms with Crippen molar-refractivity contribution >= 4 is 46.2 Å². The van der Waals surface area contributed by atoms with E-state index in [0.29, 0.717) is 21.2 Å². The summed E-state index contributed by atoms with van der Waals surface area (Å²) in [5, 5.41) is 6.21. The first-order valence-corrected chi connectivity index (χ1v) is 8.83. The van der Waals surface area contributed by atoms with E-state index in [1.54, 1.807) is 47.0 Å². The number of hydrogen-bond donors (Lipinski definition) is 2. The minimum atomic E-state index is -0.492. The van der Waals surface area contributed by atoms with Gasteiger partial charge in [0.25, 0.3) is 11.8 Å². The molecule has 2 aromatic heterocycles. The number of aromatic nitrogens is 2. The summed E-state index contributed by atoms with van der Waals surface area (Å²) in [4.78, 5) is 29.5. The Bertz CT molecular complexity index is 1010. The zero-order chi connectivity index (χ0) is 18.3. The van der Waals surface area contributed by atoms with Gasteiger partial charge in [0.1, 0.15) is 0 Å². The van der Waals surface area contributed by atoms with Gasteiger partial charge in [-0.2, -0.15) is 0 Å². The standard InChI is InChI=1S/C18H14Cl2N4O2/c19-11-4-3-5-12(20)14(11)23-17(25)15-13-6-1-2-9-24(13)16(22-15)18(26)21-10-7-8-10/h1-6,9-10H,7-8H2,(H,21,26)(H,23,25). The number of fused-ring (bicyclic) bond motifs is 1. The van der Waals surface area contributed by atoms with Crippen LogP contribution in [0.3, 0.4) is 0 Å². The summed E-state index contributed by atoms with van der Waals surface area (Å²) in [6.07, 6.45) is 3.63. The van der Waals surface area contributed by atoms with Crippen molar-refractivity contribution < 1.29 is 9.59 Å². The number of rotatable bonds is 4. The minimum absolute atomic E-state index is 0.127. The maximum absolute atomic E-state index is 12.8. The lowest BCUT2D eigenvalue weighted by molar-refractivity contribution is 0.0940. The highest BCUT2D eigenvalue weighted by Gasteiger charge is 2.27. The number of carbonyl (C=O) groups is 2. The Hall–Kier alpha value is -2.57. The highest BCUT2D eigenvalue weighted by Crippen LogP contribution is 2.30. The van der Waals surface area contributed by atoms with Crippen molar-refractivity contribution in [3.8, 4) is 0 Å². The van der Waals surface area contributed by atoms with Crippen molar-refractivity contribution in [2.24, 2.45) is 0 Å². The molecule has 0 radical (unpaired) electrons. The summed E-state index contributed by atoms with van der Waals surface area (Å²) >= 11 is 12.2. The summed E-state index contributed by atoms with van der Waals surface area (Å²) in [6.45, 7) is 0. The molecule has 2 N–H and O–H groups in total. The number of halogens is 2. The van der Waals surface area contributed by atoms with Crippen LogP contribution < -0.4 is 10.6 Å². The Kier molecular flexibility index (Phi) is 4.30. The van der Waals surface area contributed by atoms with Crippen molar-refractivity contribution in [2.75, 3.05) is 5.32 Å². The number of nitrogens with zero attached hydrogens (tertiary/aromatic N) is 2. The molecular weight excluding hydrogens is 375 g/mol. The van der Waals surface area contributed by atoms with Crippen molar-refractivity contribution in [3.63, 3.8) is 0 Å². The molecule has 0 aliphatic heterocycles. The van der Waals surface area contributed by atoms with Crippen molar-refractivity contribution in [1.29, 1.82) is 0 Å². The van der Waals surface area contributed by atoms with Gasteiger partial charge < -0.3 is 10.6 Å². The molecule has 0 saturated heterocycles. The summed E-state index contributed by atoms with van der Waals surface area (Å²) in [7, 11) is 0. The average Bonchev–Trinajstić information content (AvgIpc) is 3.35. The number of carbonyl (C=O) groups excluding carboxylic acids is 2. The van der Waals surface area contributed by atoms with Gasteiger partial charge in [0.15, 0.2) is 5.69 Å². The second-order valence-electron chi connectivity index (χ2n) is 6.04. The molecule has 0 unspecified atom stereocenters. The van der Waals surface area contributed by atoms with E-state index < -0.39 is 5.91 Å². The second kappa shape index (κ2) is 6.63. The predicted octanol–water partition coefficient (Wildman–Crippen LogP) is 3.79. The van der Waals surface area contributed by atoms with Crippen LogP contribution in [0.4, 0.5) is 5.69 Å². The molecule has 1 saturated carbocycles. The molecule has 1 aromatic carbocycles. The fourth-order valence-corrected chi connectivity index (χ4v) is 3.12. The number of para-hydroxylation sites is 1. The molecule has 132 valence electrons. The Balaban J connectivity index is 1.71. The van der Waals surface area contributed by atoms with Gasteiger partial charge in [-0.05, 0) is 37.1 Å². The third kappa shape index (κ3) is 3.13. The molecule has 1 aliphatic rings. The maximum Gasteiger partial charge on any atom is 0.287 e. The zero-order valence-electron chi connectivity index (χ0n) is 13.5. The molecule has 3 aromatic rings. The largest absolute Gasteiger partial charge is 0.347 e. The molecule has 2 amide bonds. The van der Waals surface area contributed by atoms with Crippen LogP contribution in [0.5, 0.6) is 0 Å². The summed E-state index contributed by atoms with van der Waals surface area (Å²) in [5.74, 6) is -0.624. The lowest BCUT2D eigenvalue weighted by Gasteiger charge is -2.07.